The van der Waals surface area contributed by atoms with Gasteiger partial charge in [0.25, 0.3) is 5.91 Å². The summed E-state index contributed by atoms with van der Waals surface area (Å²) in [7, 11) is 0. The van der Waals surface area contributed by atoms with Crippen molar-refractivity contribution >= 4 is 17.6 Å². The maximum Gasteiger partial charge on any atom is 0.461 e. The SMILES string of the molecule is Cc1cc(C(=O)NC(C)c2cccc(OC(F)(F)C(F)F)c2)cc(NC(=O)C(C)C)n1. The molecule has 1 heterocycles. The Bertz CT molecular complexity index is 951. The molecule has 0 spiro atoms. The molecule has 0 aliphatic heterocycles. The van der Waals surface area contributed by atoms with Crippen LogP contribution in [0.2, 0.25) is 0 Å². The molecule has 2 N–H and O–H groups in total. The van der Waals surface area contributed by atoms with E-state index < -0.39 is 30.2 Å². The highest BCUT2D eigenvalue weighted by molar-refractivity contribution is 5.97. The van der Waals surface area contributed by atoms with Gasteiger partial charge in [-0.2, -0.15) is 17.6 Å². The molecule has 1 aromatic heterocycles. The molecule has 0 saturated carbocycles. The van der Waals surface area contributed by atoms with Crippen molar-refractivity contribution in [2.45, 2.75) is 46.3 Å². The van der Waals surface area contributed by atoms with Crippen molar-refractivity contribution in [2.24, 2.45) is 5.92 Å². The molecule has 31 heavy (non-hydrogen) atoms. The molecule has 168 valence electrons. The number of ether oxygens (including phenoxy) is 1. The number of hydrogen-bond acceptors (Lipinski definition) is 4. The first-order valence-electron chi connectivity index (χ1n) is 9.44. The van der Waals surface area contributed by atoms with Gasteiger partial charge in [0.1, 0.15) is 11.6 Å². The zero-order valence-corrected chi connectivity index (χ0v) is 17.4. The number of carbonyl (C=O) groups is 2. The highest BCUT2D eigenvalue weighted by Crippen LogP contribution is 2.29. The van der Waals surface area contributed by atoms with E-state index in [0.29, 0.717) is 11.3 Å². The number of carbonyl (C=O) groups excluding carboxylic acids is 2. The van der Waals surface area contributed by atoms with Crippen LogP contribution < -0.4 is 15.4 Å². The molecule has 0 saturated heterocycles. The molecule has 0 aliphatic rings. The van der Waals surface area contributed by atoms with Gasteiger partial charge in [-0.3, -0.25) is 9.59 Å². The fourth-order valence-electron chi connectivity index (χ4n) is 2.55. The smallest absolute Gasteiger partial charge is 0.428 e. The van der Waals surface area contributed by atoms with Crippen LogP contribution in [0.15, 0.2) is 36.4 Å². The highest BCUT2D eigenvalue weighted by atomic mass is 19.3. The highest BCUT2D eigenvalue weighted by Gasteiger charge is 2.44. The number of hydrogen-bond donors (Lipinski definition) is 2. The van der Waals surface area contributed by atoms with E-state index >= 15 is 0 Å². The molecule has 0 fully saturated rings. The second-order valence-electron chi connectivity index (χ2n) is 7.26. The number of anilines is 1. The Hall–Kier alpha value is -3.17. The molecule has 2 amide bonds. The summed E-state index contributed by atoms with van der Waals surface area (Å²) in [4.78, 5) is 28.7. The lowest BCUT2D eigenvalue weighted by atomic mass is 10.1. The standard InChI is InChI=1S/C21H23F4N3O3/c1-11(2)18(29)28-17-10-15(8-12(3)26-17)19(30)27-13(4)14-6-5-7-16(9-14)31-21(24,25)20(22)23/h5-11,13,20H,1-4H3,(H,27,30)(H,26,28,29). The van der Waals surface area contributed by atoms with Crippen molar-refractivity contribution in [1.29, 1.82) is 0 Å². The number of benzene rings is 1. The molecule has 6 nitrogen and oxygen atoms in total. The zero-order chi connectivity index (χ0) is 23.3. The molecule has 10 heteroatoms. The van der Waals surface area contributed by atoms with Gasteiger partial charge >= 0.3 is 12.5 Å². The third-order valence-corrected chi connectivity index (χ3v) is 4.20. The van der Waals surface area contributed by atoms with Gasteiger partial charge in [-0.15, -0.1) is 0 Å². The number of nitrogens with zero attached hydrogens (tertiary/aromatic N) is 1. The molecule has 2 aromatic rings. The third-order valence-electron chi connectivity index (χ3n) is 4.20. The van der Waals surface area contributed by atoms with Gasteiger partial charge in [-0.25, -0.2) is 4.98 Å². The van der Waals surface area contributed by atoms with Gasteiger partial charge in [0, 0.05) is 17.2 Å². The van der Waals surface area contributed by atoms with Crippen molar-refractivity contribution < 1.29 is 31.9 Å². The molecule has 1 unspecified atom stereocenters. The number of alkyl halides is 4. The number of pyridine rings is 1. The Kier molecular flexibility index (Phi) is 7.59. The van der Waals surface area contributed by atoms with E-state index in [2.05, 4.69) is 20.4 Å². The van der Waals surface area contributed by atoms with Crippen LogP contribution in [0.5, 0.6) is 5.75 Å². The molecular weight excluding hydrogens is 418 g/mol. The van der Waals surface area contributed by atoms with Crippen molar-refractivity contribution in [3.63, 3.8) is 0 Å². The van der Waals surface area contributed by atoms with Gasteiger partial charge < -0.3 is 15.4 Å². The molecule has 0 radical (unpaired) electrons. The van der Waals surface area contributed by atoms with E-state index in [1.54, 1.807) is 27.7 Å². The zero-order valence-electron chi connectivity index (χ0n) is 17.4. The minimum atomic E-state index is -4.63. The van der Waals surface area contributed by atoms with Crippen LogP contribution in [0.3, 0.4) is 0 Å². The normalized spacial score (nSPS) is 12.6. The van der Waals surface area contributed by atoms with Crippen LogP contribution in [0.4, 0.5) is 23.4 Å². The largest absolute Gasteiger partial charge is 0.461 e. The monoisotopic (exact) mass is 441 g/mol. The van der Waals surface area contributed by atoms with E-state index in [-0.39, 0.29) is 23.2 Å². The van der Waals surface area contributed by atoms with Crippen LogP contribution in [0.1, 0.15) is 48.4 Å². The van der Waals surface area contributed by atoms with Crippen molar-refractivity contribution in [3.05, 3.63) is 53.2 Å². The topological polar surface area (TPSA) is 80.3 Å². The van der Waals surface area contributed by atoms with Gasteiger partial charge in [0.15, 0.2) is 0 Å². The average molecular weight is 441 g/mol. The lowest BCUT2D eigenvalue weighted by Crippen LogP contribution is -2.33. The summed E-state index contributed by atoms with van der Waals surface area (Å²) < 4.78 is 55.0. The van der Waals surface area contributed by atoms with E-state index in [4.69, 9.17) is 0 Å². The van der Waals surface area contributed by atoms with Gasteiger partial charge in [0.2, 0.25) is 5.91 Å². The average Bonchev–Trinajstić information content (AvgIpc) is 2.67. The summed E-state index contributed by atoms with van der Waals surface area (Å²) >= 11 is 0. The number of rotatable bonds is 8. The Morgan fingerprint density at radius 1 is 1.10 bits per heavy atom. The van der Waals surface area contributed by atoms with Crippen LogP contribution in [-0.2, 0) is 4.79 Å². The predicted octanol–water partition coefficient (Wildman–Crippen LogP) is 4.71. The van der Waals surface area contributed by atoms with Crippen LogP contribution in [0.25, 0.3) is 0 Å². The summed E-state index contributed by atoms with van der Waals surface area (Å²) in [6.07, 6.45) is -8.61. The van der Waals surface area contributed by atoms with Gasteiger partial charge in [-0.05, 0) is 43.7 Å². The lowest BCUT2D eigenvalue weighted by Gasteiger charge is -2.19. The van der Waals surface area contributed by atoms with Crippen molar-refractivity contribution in [1.82, 2.24) is 10.3 Å². The van der Waals surface area contributed by atoms with E-state index in [9.17, 15) is 27.2 Å². The summed E-state index contributed by atoms with van der Waals surface area (Å²) in [5.74, 6) is -1.26. The fourth-order valence-corrected chi connectivity index (χ4v) is 2.55. The molecule has 0 bridgehead atoms. The van der Waals surface area contributed by atoms with Crippen molar-refractivity contribution in [2.75, 3.05) is 5.32 Å². The number of nitrogens with one attached hydrogen (secondary N) is 2. The first kappa shape index (κ1) is 24.1. The summed E-state index contributed by atoms with van der Waals surface area (Å²) in [5, 5.41) is 5.31. The maximum atomic E-state index is 13.1. The van der Waals surface area contributed by atoms with E-state index in [1.807, 2.05) is 0 Å². The summed E-state index contributed by atoms with van der Waals surface area (Å²) in [6.45, 7) is 6.69. The number of aryl methyl sites for hydroxylation is 1. The van der Waals surface area contributed by atoms with Gasteiger partial charge in [0.05, 0.1) is 6.04 Å². The first-order valence-corrected chi connectivity index (χ1v) is 9.44. The molecule has 1 aromatic carbocycles. The van der Waals surface area contributed by atoms with Crippen LogP contribution >= 0.6 is 0 Å². The third kappa shape index (κ3) is 6.66. The Balaban J connectivity index is 2.15. The van der Waals surface area contributed by atoms with Gasteiger partial charge in [-0.1, -0.05) is 26.0 Å². The lowest BCUT2D eigenvalue weighted by molar-refractivity contribution is -0.253. The fraction of sp³-hybridized carbons (Fsp3) is 0.381. The molecular formula is C21H23F4N3O3. The predicted molar refractivity (Wildman–Crippen MR) is 106 cm³/mol. The molecule has 2 rings (SSSR count). The van der Waals surface area contributed by atoms with Crippen molar-refractivity contribution in [3.8, 4) is 5.75 Å². The number of halogens is 4. The Labute approximate surface area is 177 Å². The minimum absolute atomic E-state index is 0.223. The van der Waals surface area contributed by atoms with Crippen LogP contribution in [-0.4, -0.2) is 29.3 Å². The summed E-state index contributed by atoms with van der Waals surface area (Å²) in [5.41, 5.74) is 1.11. The number of aromatic nitrogens is 1. The quantitative estimate of drug-likeness (QED) is 0.582. The van der Waals surface area contributed by atoms with Crippen LogP contribution in [0, 0.1) is 12.8 Å². The second kappa shape index (κ2) is 9.76. The number of amides is 2. The maximum absolute atomic E-state index is 13.1. The van der Waals surface area contributed by atoms with E-state index in [0.717, 1.165) is 12.1 Å². The second-order valence-corrected chi connectivity index (χ2v) is 7.26. The summed E-state index contributed by atoms with van der Waals surface area (Å²) in [6, 6.07) is 7.43. The van der Waals surface area contributed by atoms with E-state index in [1.165, 1.54) is 24.3 Å². The Morgan fingerprint density at radius 3 is 2.39 bits per heavy atom. The first-order chi connectivity index (χ1) is 14.4. The minimum Gasteiger partial charge on any atom is -0.428 e. The molecule has 1 atom stereocenters. The Morgan fingerprint density at radius 2 is 1.77 bits per heavy atom. The molecule has 0 aliphatic carbocycles.